The highest BCUT2D eigenvalue weighted by Crippen LogP contribution is 2.44. The van der Waals surface area contributed by atoms with Crippen molar-refractivity contribution < 1.29 is 42.4 Å². The second kappa shape index (κ2) is 29.6. The predicted octanol–water partition coefficient (Wildman–Crippen LogP) is 11.0. The van der Waals surface area contributed by atoms with E-state index in [-0.39, 0.29) is 66.1 Å². The molecule has 508 valence electrons. The number of halogens is 1. The molecule has 0 saturated carbocycles. The second-order valence-electron chi connectivity index (χ2n) is 27.6. The number of hydrogen-bond donors (Lipinski definition) is 6. The number of carbonyl (C=O) groups is 4. The maximum absolute atomic E-state index is 14.2. The molecule has 7 aromatic rings. The molecule has 0 spiro atoms. The first-order valence-electron chi connectivity index (χ1n) is 32.9. The SMILES string of the molecule is Cc1ncsc1-c1ccc(CNC(=O)[C@@H]2C[C@@H](O)CN2C(=O)[C@@H](NC(=O)CCCN2CCC(CNc3ccc(S(=O)(=O)NC(=O)c4ccc(N5CCN(CC6=C(c7ccc(Cl)cc7)CC(C)(C)CC6)CC5)cc4Oc4cnc5[nH]ccc5c4)cc3[N+](=O)[O-])CC2)C(C)(C)C)cc1. The average molecular weight is 1370 g/mol. The summed E-state index contributed by atoms with van der Waals surface area (Å²) in [5, 5.41) is 33.8. The summed E-state index contributed by atoms with van der Waals surface area (Å²) in [7, 11) is -4.67. The van der Waals surface area contributed by atoms with Gasteiger partial charge in [-0.05, 0) is 153 Å². The van der Waals surface area contributed by atoms with Crippen molar-refractivity contribution in [1.29, 1.82) is 0 Å². The van der Waals surface area contributed by atoms with Crippen molar-refractivity contribution in [2.45, 2.75) is 123 Å². The number of nitro benzene ring substituents is 1. The zero-order valence-corrected chi connectivity index (χ0v) is 57.5. The molecule has 4 aromatic carbocycles. The second-order valence-corrected chi connectivity index (χ2v) is 30.6. The number of sulfonamides is 1. The van der Waals surface area contributed by atoms with Crippen molar-refractivity contribution in [3.63, 3.8) is 0 Å². The van der Waals surface area contributed by atoms with Crippen LogP contribution in [0.2, 0.25) is 5.02 Å². The number of aromatic nitrogens is 3. The molecular weight excluding hydrogens is 1280 g/mol. The van der Waals surface area contributed by atoms with Crippen LogP contribution < -0.4 is 30.3 Å². The molecule has 3 atom stereocenters. The van der Waals surface area contributed by atoms with Gasteiger partial charge >= 0.3 is 0 Å². The summed E-state index contributed by atoms with van der Waals surface area (Å²) in [5.41, 5.74) is 9.20. The first-order chi connectivity index (χ1) is 45.8. The number of nitro groups is 1. The van der Waals surface area contributed by atoms with E-state index in [9.17, 15) is 42.8 Å². The number of pyridine rings is 1. The number of aryl methyl sites for hydroxylation is 1. The van der Waals surface area contributed by atoms with Gasteiger partial charge in [-0.1, -0.05) is 88.2 Å². The van der Waals surface area contributed by atoms with Crippen LogP contribution in [0.1, 0.15) is 113 Å². The lowest BCUT2D eigenvalue weighted by Crippen LogP contribution is -2.57. The number of benzene rings is 4. The Labute approximate surface area is 569 Å². The molecular formula is C71H85ClN12O10S2. The van der Waals surface area contributed by atoms with Crippen LogP contribution in [0.25, 0.3) is 27.0 Å². The first-order valence-corrected chi connectivity index (χ1v) is 35.6. The van der Waals surface area contributed by atoms with Gasteiger partial charge in [0.15, 0.2) is 0 Å². The number of carbonyl (C=O) groups excluding carboxylic acids is 4. The van der Waals surface area contributed by atoms with E-state index in [4.69, 9.17) is 16.3 Å². The highest BCUT2D eigenvalue weighted by molar-refractivity contribution is 7.90. The monoisotopic (exact) mass is 1360 g/mol. The number of piperazine rings is 1. The van der Waals surface area contributed by atoms with Gasteiger partial charge in [0.2, 0.25) is 17.7 Å². The van der Waals surface area contributed by atoms with Crippen LogP contribution in [-0.4, -0.2) is 155 Å². The maximum atomic E-state index is 14.2. The van der Waals surface area contributed by atoms with Crippen LogP contribution in [0, 0.1) is 33.8 Å². The molecule has 22 nitrogen and oxygen atoms in total. The van der Waals surface area contributed by atoms with E-state index in [2.05, 4.69) is 76.3 Å². The lowest BCUT2D eigenvalue weighted by molar-refractivity contribution is -0.384. The highest BCUT2D eigenvalue weighted by atomic mass is 35.5. The third-order valence-corrected chi connectivity index (χ3v) is 21.5. The van der Waals surface area contributed by atoms with Crippen LogP contribution in [0.3, 0.4) is 0 Å². The molecule has 4 amide bonds. The van der Waals surface area contributed by atoms with Gasteiger partial charge in [0.05, 0.1) is 43.8 Å². The Morgan fingerprint density at radius 3 is 2.36 bits per heavy atom. The van der Waals surface area contributed by atoms with Crippen LogP contribution in [-0.2, 0) is 31.0 Å². The van der Waals surface area contributed by atoms with Crippen LogP contribution in [0.5, 0.6) is 11.5 Å². The van der Waals surface area contributed by atoms with E-state index in [0.717, 1.165) is 90.6 Å². The number of β-amino-alcohol motifs (C(OH)–C–C–N with tert-alkyl or cyclic N) is 1. The van der Waals surface area contributed by atoms with E-state index >= 15 is 0 Å². The van der Waals surface area contributed by atoms with Gasteiger partial charge in [0, 0.05) is 99.6 Å². The molecule has 3 saturated heterocycles. The highest BCUT2D eigenvalue weighted by Gasteiger charge is 2.45. The first kappa shape index (κ1) is 69.1. The molecule has 6 N–H and O–H groups in total. The van der Waals surface area contributed by atoms with E-state index in [1.807, 2.05) is 70.2 Å². The molecule has 11 rings (SSSR count). The van der Waals surface area contributed by atoms with Gasteiger partial charge in [0.25, 0.3) is 21.6 Å². The molecule has 0 unspecified atom stereocenters. The zero-order valence-electron chi connectivity index (χ0n) is 55.2. The summed E-state index contributed by atoms with van der Waals surface area (Å²) >= 11 is 7.84. The largest absolute Gasteiger partial charge is 0.455 e. The number of piperidine rings is 1. The van der Waals surface area contributed by atoms with Gasteiger partial charge in [-0.15, -0.1) is 11.3 Å². The van der Waals surface area contributed by atoms with Gasteiger partial charge in [-0.2, -0.15) is 0 Å². The molecule has 0 bridgehead atoms. The Bertz CT molecular complexity index is 4140. The molecule has 25 heteroatoms. The molecule has 96 heavy (non-hydrogen) atoms. The molecule has 0 radical (unpaired) electrons. The third kappa shape index (κ3) is 16.9. The number of aliphatic hydroxyl groups is 1. The molecule has 6 heterocycles. The smallest absolute Gasteiger partial charge is 0.293 e. The maximum Gasteiger partial charge on any atom is 0.293 e. The number of nitrogens with zero attached hydrogens (tertiary/aromatic N) is 7. The number of nitrogens with one attached hydrogen (secondary N) is 5. The number of hydrogen-bond acceptors (Lipinski definition) is 17. The molecule has 4 aliphatic rings. The fourth-order valence-electron chi connectivity index (χ4n) is 13.3. The minimum absolute atomic E-state index is 0.0303. The molecule has 3 aliphatic heterocycles. The minimum Gasteiger partial charge on any atom is -0.455 e. The predicted molar refractivity (Wildman–Crippen MR) is 374 cm³/mol. The number of fused-ring (bicyclic) bond motifs is 1. The summed E-state index contributed by atoms with van der Waals surface area (Å²) in [4.78, 5) is 88.3. The number of aliphatic hydroxyl groups excluding tert-OH is 1. The number of H-pyrrole nitrogens is 1. The van der Waals surface area contributed by atoms with Crippen LogP contribution >= 0.6 is 22.9 Å². The molecule has 3 fully saturated rings. The summed E-state index contributed by atoms with van der Waals surface area (Å²) in [6, 6.07) is 26.3. The minimum atomic E-state index is -4.67. The summed E-state index contributed by atoms with van der Waals surface area (Å²) in [6.45, 7) is 18.6. The number of allylic oxidation sites excluding steroid dienone is 1. The number of thiazole rings is 1. The van der Waals surface area contributed by atoms with Crippen molar-refractivity contribution >= 4 is 90.3 Å². The Morgan fingerprint density at radius 1 is 0.917 bits per heavy atom. The number of rotatable bonds is 23. The Hall–Kier alpha value is -8.26. The summed E-state index contributed by atoms with van der Waals surface area (Å²) < 4.78 is 36.6. The van der Waals surface area contributed by atoms with Gasteiger partial charge in [-0.3, -0.25) is 34.2 Å². The normalized spacial score (nSPS) is 18.5. The lowest BCUT2D eigenvalue weighted by atomic mass is 9.72. The van der Waals surface area contributed by atoms with Crippen molar-refractivity contribution in [3.05, 3.63) is 158 Å². The lowest BCUT2D eigenvalue weighted by Gasteiger charge is -2.39. The van der Waals surface area contributed by atoms with E-state index in [1.165, 1.54) is 46.0 Å². The van der Waals surface area contributed by atoms with Crippen molar-refractivity contribution in [2.75, 3.05) is 75.7 Å². The van der Waals surface area contributed by atoms with E-state index in [1.54, 1.807) is 41.2 Å². The number of aromatic amines is 1. The van der Waals surface area contributed by atoms with Gasteiger partial charge in [0.1, 0.15) is 34.9 Å². The van der Waals surface area contributed by atoms with Gasteiger partial charge in [-0.25, -0.2) is 23.1 Å². The molecule has 3 aromatic heterocycles. The van der Waals surface area contributed by atoms with E-state index in [0.29, 0.717) is 62.1 Å². The van der Waals surface area contributed by atoms with Crippen LogP contribution in [0.4, 0.5) is 17.1 Å². The van der Waals surface area contributed by atoms with Crippen molar-refractivity contribution in [3.8, 4) is 21.9 Å². The number of likely N-dealkylation sites (tertiary alicyclic amines) is 2. The Balaban J connectivity index is 0.660. The zero-order chi connectivity index (χ0) is 68.1. The van der Waals surface area contributed by atoms with Crippen molar-refractivity contribution in [1.82, 2.24) is 45.0 Å². The quantitative estimate of drug-likeness (QED) is 0.0256. The summed E-state index contributed by atoms with van der Waals surface area (Å²) in [6.07, 6.45) is 7.77. The number of ether oxygens (including phenoxy) is 1. The van der Waals surface area contributed by atoms with Gasteiger partial charge < -0.3 is 45.5 Å². The topological polar surface area (TPSA) is 278 Å². The van der Waals surface area contributed by atoms with E-state index < -0.39 is 60.9 Å². The third-order valence-electron chi connectivity index (χ3n) is 18.9. The average Bonchev–Trinajstić information content (AvgIpc) is 0.879. The number of anilines is 2. The standard InChI is InChI=1S/C71H85ClN12O10S2/c1-45-64(95-44-77-45)49-11-9-46(10-12-49)40-76-68(88)61-36-54(85)43-83(61)69(89)65(70(2,3)4)78-63(86)8-7-27-80-28-23-47(24-29-80)39-74-59-20-18-56(37-60(59)84(90)91)96(92,93)79-67(87)57-19-17-53(35-62(57)94-55-34-50-22-26-73-66(50)75-41-55)82-32-30-81(31-33-82)42-51-21-25-71(5,6)38-58(51)48-13-15-52(72)16-14-48/h9-20,22,26,34-35,37,41,44,47,54,61,65,74,85H,7-8,21,23-25,27-33,36,38-40,42-43H2,1-6H3,(H,73,75)(H,76,88)(H,78,86)(H,79,87)/t54-,61+,65-/m1/s1. The summed E-state index contributed by atoms with van der Waals surface area (Å²) in [5.74, 6) is -1.56. The molecule has 1 aliphatic carbocycles. The fraction of sp³-hybridized carbons (Fsp3) is 0.437. The Kier molecular flexibility index (Phi) is 21.3. The number of amides is 4. The van der Waals surface area contributed by atoms with Crippen molar-refractivity contribution in [2.24, 2.45) is 16.7 Å². The fourth-order valence-corrected chi connectivity index (χ4v) is 15.3. The van der Waals surface area contributed by atoms with Crippen LogP contribution in [0.15, 0.2) is 125 Å². The Morgan fingerprint density at radius 2 is 1.66 bits per heavy atom.